The van der Waals surface area contributed by atoms with Crippen molar-refractivity contribution in [3.8, 4) is 22.5 Å². The number of rotatable bonds is 7. The maximum Gasteiger partial charge on any atom is 0.307 e. The molecule has 0 bridgehead atoms. The van der Waals surface area contributed by atoms with Crippen LogP contribution in [0.5, 0.6) is 0 Å². The third kappa shape index (κ3) is 5.03. The van der Waals surface area contributed by atoms with Gasteiger partial charge in [-0.15, -0.1) is 0 Å². The fourth-order valence-electron chi connectivity index (χ4n) is 4.79. The lowest BCUT2D eigenvalue weighted by Gasteiger charge is -2.29. The van der Waals surface area contributed by atoms with Crippen LogP contribution in [0.4, 0.5) is 8.78 Å². The van der Waals surface area contributed by atoms with Crippen LogP contribution in [0.25, 0.3) is 33.4 Å². The topological polar surface area (TPSA) is 109 Å². The van der Waals surface area contributed by atoms with E-state index in [0.29, 0.717) is 40.5 Å². The molecule has 0 spiro atoms. The van der Waals surface area contributed by atoms with Crippen LogP contribution in [0.2, 0.25) is 0 Å². The van der Waals surface area contributed by atoms with Crippen LogP contribution < -0.4 is 10.6 Å². The van der Waals surface area contributed by atoms with Gasteiger partial charge in [-0.05, 0) is 78.1 Å². The van der Waals surface area contributed by atoms with Crippen molar-refractivity contribution in [3.05, 3.63) is 95.1 Å². The Morgan fingerprint density at radius 3 is 2.33 bits per heavy atom. The van der Waals surface area contributed by atoms with Crippen LogP contribution >= 0.6 is 0 Å². The van der Waals surface area contributed by atoms with Crippen LogP contribution in [-0.2, 0) is 11.2 Å². The lowest BCUT2D eigenvalue weighted by molar-refractivity contribution is -0.136. The molecule has 1 aliphatic rings. The quantitative estimate of drug-likeness (QED) is 0.274. The van der Waals surface area contributed by atoms with Gasteiger partial charge in [-0.3, -0.25) is 14.4 Å². The summed E-state index contributed by atoms with van der Waals surface area (Å²) in [4.78, 5) is 37.5. The molecule has 1 saturated carbocycles. The molecule has 3 N–H and O–H groups in total. The summed E-state index contributed by atoms with van der Waals surface area (Å²) in [7, 11) is 1.46. The molecule has 1 aromatic heterocycles. The summed E-state index contributed by atoms with van der Waals surface area (Å²) >= 11 is 0. The second-order valence-electron chi connectivity index (χ2n) is 9.49. The Bertz CT molecular complexity index is 1650. The number of carboxylic acids is 1. The minimum Gasteiger partial charge on any atom is -0.481 e. The molecule has 5 rings (SSSR count). The van der Waals surface area contributed by atoms with E-state index in [0.717, 1.165) is 11.6 Å². The molecule has 9 heteroatoms. The fourth-order valence-corrected chi connectivity index (χ4v) is 4.79. The molecule has 0 atom stereocenters. The number of carbonyl (C=O) groups excluding carboxylic acids is 2. The molecular weight excluding hydrogens is 506 g/mol. The molecule has 1 heterocycles. The van der Waals surface area contributed by atoms with Crippen molar-refractivity contribution in [2.45, 2.75) is 25.3 Å². The van der Waals surface area contributed by atoms with Gasteiger partial charge in [0.1, 0.15) is 23.0 Å². The SMILES string of the molecule is C=C1CC(NC(=O)c2cc(-c3cc4c(C(=O)NC)c(-c5ccc(F)cc5)oc4cc3CC(=O)O)ccc2F)C1. The summed E-state index contributed by atoms with van der Waals surface area (Å²) in [5.41, 5.74) is 2.83. The third-order valence-corrected chi connectivity index (χ3v) is 6.74. The van der Waals surface area contributed by atoms with E-state index in [1.165, 1.54) is 49.5 Å². The predicted molar refractivity (Wildman–Crippen MR) is 141 cm³/mol. The van der Waals surface area contributed by atoms with E-state index in [-0.39, 0.29) is 28.5 Å². The van der Waals surface area contributed by atoms with E-state index >= 15 is 0 Å². The zero-order valence-electron chi connectivity index (χ0n) is 20.9. The second kappa shape index (κ2) is 10.2. The molecule has 3 aromatic carbocycles. The number of carboxylic acid groups (broad SMARTS) is 1. The number of amides is 2. The molecular formula is C30H24F2N2O5. The van der Waals surface area contributed by atoms with Crippen molar-refractivity contribution in [2.24, 2.45) is 0 Å². The highest BCUT2D eigenvalue weighted by molar-refractivity contribution is 6.12. The summed E-state index contributed by atoms with van der Waals surface area (Å²) in [6, 6.07) is 12.4. The Labute approximate surface area is 222 Å². The first-order valence-electron chi connectivity index (χ1n) is 12.2. The van der Waals surface area contributed by atoms with Crippen molar-refractivity contribution in [1.29, 1.82) is 0 Å². The Hall–Kier alpha value is -4.79. The van der Waals surface area contributed by atoms with E-state index < -0.39 is 35.8 Å². The summed E-state index contributed by atoms with van der Waals surface area (Å²) in [5.74, 6) is -3.15. The van der Waals surface area contributed by atoms with Gasteiger partial charge in [0, 0.05) is 24.0 Å². The van der Waals surface area contributed by atoms with Crippen molar-refractivity contribution in [3.63, 3.8) is 0 Å². The van der Waals surface area contributed by atoms with Gasteiger partial charge in [-0.2, -0.15) is 0 Å². The average Bonchev–Trinajstić information content (AvgIpc) is 3.25. The van der Waals surface area contributed by atoms with Gasteiger partial charge in [0.25, 0.3) is 11.8 Å². The molecule has 0 unspecified atom stereocenters. The van der Waals surface area contributed by atoms with Crippen molar-refractivity contribution < 1.29 is 32.7 Å². The Kier molecular flexibility index (Phi) is 6.74. The number of halogens is 2. The maximum absolute atomic E-state index is 14.7. The number of hydrogen-bond donors (Lipinski definition) is 3. The van der Waals surface area contributed by atoms with Crippen molar-refractivity contribution in [2.75, 3.05) is 7.05 Å². The van der Waals surface area contributed by atoms with Crippen molar-refractivity contribution in [1.82, 2.24) is 10.6 Å². The molecule has 0 radical (unpaired) electrons. The zero-order chi connectivity index (χ0) is 27.8. The molecule has 7 nitrogen and oxygen atoms in total. The number of nitrogens with one attached hydrogen (secondary N) is 2. The summed E-state index contributed by atoms with van der Waals surface area (Å²) < 4.78 is 34.3. The largest absolute Gasteiger partial charge is 0.481 e. The Balaban J connectivity index is 1.67. The second-order valence-corrected chi connectivity index (χ2v) is 9.49. The van der Waals surface area contributed by atoms with Gasteiger partial charge >= 0.3 is 5.97 Å². The van der Waals surface area contributed by atoms with Crippen LogP contribution in [0.1, 0.15) is 39.1 Å². The van der Waals surface area contributed by atoms with E-state index in [9.17, 15) is 28.3 Å². The number of carbonyl (C=O) groups is 3. The van der Waals surface area contributed by atoms with Crippen LogP contribution in [0, 0.1) is 11.6 Å². The molecule has 0 saturated heterocycles. The number of fused-ring (bicyclic) bond motifs is 1. The lowest BCUT2D eigenvalue weighted by Crippen LogP contribution is -2.40. The normalized spacial score (nSPS) is 13.3. The van der Waals surface area contributed by atoms with Crippen molar-refractivity contribution >= 4 is 28.8 Å². The van der Waals surface area contributed by atoms with Gasteiger partial charge in [-0.1, -0.05) is 18.2 Å². The Morgan fingerprint density at radius 1 is 1.00 bits per heavy atom. The van der Waals surface area contributed by atoms with Crippen LogP contribution in [-0.4, -0.2) is 36.0 Å². The zero-order valence-corrected chi connectivity index (χ0v) is 20.9. The van der Waals surface area contributed by atoms with Gasteiger partial charge < -0.3 is 20.2 Å². The highest BCUT2D eigenvalue weighted by Gasteiger charge is 2.26. The molecule has 1 fully saturated rings. The summed E-state index contributed by atoms with van der Waals surface area (Å²) in [6.07, 6.45) is 0.869. The first-order valence-corrected chi connectivity index (χ1v) is 12.2. The van der Waals surface area contributed by atoms with E-state index in [1.54, 1.807) is 6.07 Å². The molecule has 0 aliphatic heterocycles. The van der Waals surface area contributed by atoms with E-state index in [1.807, 2.05) is 0 Å². The average molecular weight is 531 g/mol. The molecule has 4 aromatic rings. The first-order chi connectivity index (χ1) is 18.6. The summed E-state index contributed by atoms with van der Waals surface area (Å²) in [5, 5.41) is 15.3. The van der Waals surface area contributed by atoms with Crippen LogP contribution in [0.3, 0.4) is 0 Å². The number of furan rings is 1. The number of benzene rings is 3. The van der Waals surface area contributed by atoms with Crippen LogP contribution in [0.15, 0.2) is 71.2 Å². The first kappa shape index (κ1) is 25.8. The molecule has 2 amide bonds. The highest BCUT2D eigenvalue weighted by Crippen LogP contribution is 2.38. The lowest BCUT2D eigenvalue weighted by atomic mass is 9.87. The minimum atomic E-state index is -1.11. The van der Waals surface area contributed by atoms with E-state index in [4.69, 9.17) is 4.42 Å². The fraction of sp³-hybridized carbons (Fsp3) is 0.167. The van der Waals surface area contributed by atoms with Gasteiger partial charge in [0.15, 0.2) is 0 Å². The standard InChI is InChI=1S/C30H24F2N2O5/c1-15-9-20(10-15)34-29(37)22-11-17(5-8-24(22)32)21-14-23-25(12-18(21)13-26(35)36)39-28(27(23)30(38)33-2)16-3-6-19(31)7-4-16/h3-8,11-12,14,20H,1,9-10,13H2,2H3,(H,33,38)(H,34,37)(H,35,36). The van der Waals surface area contributed by atoms with E-state index in [2.05, 4.69) is 17.2 Å². The van der Waals surface area contributed by atoms with Gasteiger partial charge in [-0.25, -0.2) is 8.78 Å². The number of aliphatic carboxylic acids is 1. The summed E-state index contributed by atoms with van der Waals surface area (Å²) in [6.45, 7) is 3.84. The predicted octanol–water partition coefficient (Wildman–Crippen LogP) is 5.48. The monoisotopic (exact) mass is 530 g/mol. The number of hydrogen-bond acceptors (Lipinski definition) is 4. The molecule has 39 heavy (non-hydrogen) atoms. The minimum absolute atomic E-state index is 0.113. The van der Waals surface area contributed by atoms with Gasteiger partial charge in [0.05, 0.1) is 17.5 Å². The molecule has 1 aliphatic carbocycles. The smallest absolute Gasteiger partial charge is 0.307 e. The van der Waals surface area contributed by atoms with Gasteiger partial charge in [0.2, 0.25) is 0 Å². The third-order valence-electron chi connectivity index (χ3n) is 6.74. The maximum atomic E-state index is 14.7. The Morgan fingerprint density at radius 2 is 1.69 bits per heavy atom. The molecule has 198 valence electrons. The highest BCUT2D eigenvalue weighted by atomic mass is 19.1.